The van der Waals surface area contributed by atoms with Crippen LogP contribution in [0.2, 0.25) is 0 Å². The third-order valence-electron chi connectivity index (χ3n) is 4.74. The minimum atomic E-state index is -0.186. The molecule has 1 aliphatic rings. The quantitative estimate of drug-likeness (QED) is 0.861. The molecule has 1 fully saturated rings. The van der Waals surface area contributed by atoms with Crippen LogP contribution in [0.3, 0.4) is 0 Å². The minimum absolute atomic E-state index is 0.0332. The number of hydrogen-bond donors (Lipinski definition) is 1. The molecule has 1 aliphatic heterocycles. The zero-order chi connectivity index (χ0) is 18.0. The van der Waals surface area contributed by atoms with E-state index in [1.807, 2.05) is 25.5 Å². The lowest BCUT2D eigenvalue weighted by Gasteiger charge is -2.31. The second-order valence-electron chi connectivity index (χ2n) is 6.66. The van der Waals surface area contributed by atoms with Crippen LogP contribution < -0.4 is 5.32 Å². The summed E-state index contributed by atoms with van der Waals surface area (Å²) in [6.07, 6.45) is 2.89. The van der Waals surface area contributed by atoms with Crippen LogP contribution in [-0.4, -0.2) is 49.4 Å². The molecule has 0 saturated carbocycles. The largest absolute Gasteiger partial charge is 0.360 e. The molecule has 0 unspecified atom stereocenters. The standard InChI is InChI=1S/C17H26N6O2/c1-5-15(17(24)19-16-9-11(2)25-21-16)22-8-6-7-14(22)10-23-13(4)18-12(3)20-23/h9,14-15H,5-8,10H2,1-4H3,(H,19,21,24)/t14-,15-/m0/s1. The molecule has 3 rings (SSSR count). The zero-order valence-electron chi connectivity index (χ0n) is 15.3. The monoisotopic (exact) mass is 346 g/mol. The number of aromatic nitrogens is 4. The van der Waals surface area contributed by atoms with Crippen molar-refractivity contribution in [3.05, 3.63) is 23.5 Å². The Kier molecular flexibility index (Phi) is 5.17. The van der Waals surface area contributed by atoms with Gasteiger partial charge in [0, 0.05) is 12.1 Å². The first-order valence-corrected chi connectivity index (χ1v) is 8.86. The Balaban J connectivity index is 1.70. The van der Waals surface area contributed by atoms with Crippen molar-refractivity contribution in [2.45, 2.75) is 65.6 Å². The number of likely N-dealkylation sites (tertiary alicyclic amines) is 1. The third-order valence-corrected chi connectivity index (χ3v) is 4.74. The second kappa shape index (κ2) is 7.35. The molecule has 2 aromatic heterocycles. The molecule has 1 N–H and O–H groups in total. The molecule has 0 aromatic carbocycles. The van der Waals surface area contributed by atoms with Gasteiger partial charge in [0.2, 0.25) is 5.91 Å². The predicted molar refractivity (Wildman–Crippen MR) is 93.2 cm³/mol. The summed E-state index contributed by atoms with van der Waals surface area (Å²) in [6, 6.07) is 1.83. The second-order valence-corrected chi connectivity index (χ2v) is 6.66. The van der Waals surface area contributed by atoms with Crippen molar-refractivity contribution in [2.75, 3.05) is 11.9 Å². The summed E-state index contributed by atoms with van der Waals surface area (Å²) in [7, 11) is 0. The Morgan fingerprint density at radius 2 is 2.24 bits per heavy atom. The normalized spacial score (nSPS) is 19.3. The smallest absolute Gasteiger partial charge is 0.242 e. The first-order valence-electron chi connectivity index (χ1n) is 8.86. The van der Waals surface area contributed by atoms with Crippen LogP contribution in [0.15, 0.2) is 10.6 Å². The average molecular weight is 346 g/mol. The van der Waals surface area contributed by atoms with E-state index in [0.717, 1.165) is 44.0 Å². The van der Waals surface area contributed by atoms with E-state index < -0.39 is 0 Å². The summed E-state index contributed by atoms with van der Waals surface area (Å²) < 4.78 is 6.97. The first-order chi connectivity index (χ1) is 12.0. The third kappa shape index (κ3) is 3.89. The molecule has 1 amide bonds. The van der Waals surface area contributed by atoms with Crippen LogP contribution in [0.1, 0.15) is 43.6 Å². The van der Waals surface area contributed by atoms with Gasteiger partial charge < -0.3 is 9.84 Å². The maximum atomic E-state index is 12.7. The number of nitrogens with one attached hydrogen (secondary N) is 1. The summed E-state index contributed by atoms with van der Waals surface area (Å²) in [4.78, 5) is 19.4. The van der Waals surface area contributed by atoms with Gasteiger partial charge in [-0.1, -0.05) is 12.1 Å². The molecule has 0 aliphatic carbocycles. The van der Waals surface area contributed by atoms with Crippen LogP contribution >= 0.6 is 0 Å². The van der Waals surface area contributed by atoms with Gasteiger partial charge in [-0.15, -0.1) is 0 Å². The van der Waals surface area contributed by atoms with E-state index in [9.17, 15) is 4.79 Å². The van der Waals surface area contributed by atoms with Gasteiger partial charge >= 0.3 is 0 Å². The highest BCUT2D eigenvalue weighted by atomic mass is 16.5. The fourth-order valence-electron chi connectivity index (χ4n) is 3.60. The molecular weight excluding hydrogens is 320 g/mol. The van der Waals surface area contributed by atoms with Crippen molar-refractivity contribution in [1.29, 1.82) is 0 Å². The maximum Gasteiger partial charge on any atom is 0.242 e. The number of aryl methyl sites for hydroxylation is 3. The van der Waals surface area contributed by atoms with Gasteiger partial charge in [0.25, 0.3) is 0 Å². The zero-order valence-corrected chi connectivity index (χ0v) is 15.3. The van der Waals surface area contributed by atoms with Crippen molar-refractivity contribution in [2.24, 2.45) is 0 Å². The van der Waals surface area contributed by atoms with Gasteiger partial charge in [0.15, 0.2) is 5.82 Å². The molecule has 136 valence electrons. The van der Waals surface area contributed by atoms with Crippen LogP contribution in [0.5, 0.6) is 0 Å². The summed E-state index contributed by atoms with van der Waals surface area (Å²) >= 11 is 0. The van der Waals surface area contributed by atoms with E-state index in [-0.39, 0.29) is 18.0 Å². The van der Waals surface area contributed by atoms with Crippen LogP contribution in [0, 0.1) is 20.8 Å². The van der Waals surface area contributed by atoms with E-state index >= 15 is 0 Å². The van der Waals surface area contributed by atoms with Crippen LogP contribution in [0.4, 0.5) is 5.82 Å². The molecule has 2 atom stereocenters. The highest BCUT2D eigenvalue weighted by Gasteiger charge is 2.34. The Bertz CT molecular complexity index is 737. The Morgan fingerprint density at radius 3 is 2.84 bits per heavy atom. The highest BCUT2D eigenvalue weighted by molar-refractivity contribution is 5.94. The Labute approximate surface area is 147 Å². The summed E-state index contributed by atoms with van der Waals surface area (Å²) in [5.74, 6) is 2.82. The number of hydrogen-bond acceptors (Lipinski definition) is 6. The van der Waals surface area contributed by atoms with Gasteiger partial charge in [-0.05, 0) is 46.6 Å². The van der Waals surface area contributed by atoms with E-state index in [4.69, 9.17) is 4.52 Å². The van der Waals surface area contributed by atoms with Gasteiger partial charge in [0.05, 0.1) is 12.6 Å². The maximum absolute atomic E-state index is 12.7. The molecule has 0 radical (unpaired) electrons. The lowest BCUT2D eigenvalue weighted by molar-refractivity contribution is -0.122. The fourth-order valence-corrected chi connectivity index (χ4v) is 3.60. The van der Waals surface area contributed by atoms with Crippen molar-refractivity contribution >= 4 is 11.7 Å². The number of anilines is 1. The van der Waals surface area contributed by atoms with Crippen molar-refractivity contribution in [3.63, 3.8) is 0 Å². The van der Waals surface area contributed by atoms with E-state index in [2.05, 4.69) is 25.5 Å². The van der Waals surface area contributed by atoms with Crippen molar-refractivity contribution < 1.29 is 9.32 Å². The van der Waals surface area contributed by atoms with Gasteiger partial charge in [-0.3, -0.25) is 9.69 Å². The van der Waals surface area contributed by atoms with E-state index in [1.165, 1.54) is 0 Å². The molecule has 0 bridgehead atoms. The van der Waals surface area contributed by atoms with Gasteiger partial charge in [-0.25, -0.2) is 9.67 Å². The highest BCUT2D eigenvalue weighted by Crippen LogP contribution is 2.24. The first kappa shape index (κ1) is 17.6. The minimum Gasteiger partial charge on any atom is -0.360 e. The fraction of sp³-hybridized carbons (Fsp3) is 0.647. The summed E-state index contributed by atoms with van der Waals surface area (Å²) in [6.45, 7) is 9.40. The van der Waals surface area contributed by atoms with Crippen molar-refractivity contribution in [1.82, 2.24) is 24.8 Å². The number of rotatable bonds is 6. The number of nitrogens with zero attached hydrogens (tertiary/aromatic N) is 5. The molecule has 25 heavy (non-hydrogen) atoms. The van der Waals surface area contributed by atoms with Crippen LogP contribution in [0.25, 0.3) is 0 Å². The molecule has 8 nitrogen and oxygen atoms in total. The number of carbonyl (C=O) groups is 1. The lowest BCUT2D eigenvalue weighted by atomic mass is 10.1. The Morgan fingerprint density at radius 1 is 1.44 bits per heavy atom. The van der Waals surface area contributed by atoms with Gasteiger partial charge in [-0.2, -0.15) is 5.10 Å². The number of amides is 1. The molecule has 0 spiro atoms. The van der Waals surface area contributed by atoms with Crippen molar-refractivity contribution in [3.8, 4) is 0 Å². The SMILES string of the molecule is CC[C@@H](C(=O)Nc1cc(C)on1)N1CCC[C@H]1Cn1nc(C)nc1C. The topological polar surface area (TPSA) is 89.1 Å². The summed E-state index contributed by atoms with van der Waals surface area (Å²) in [5.41, 5.74) is 0. The molecular formula is C17H26N6O2. The van der Waals surface area contributed by atoms with Crippen LogP contribution in [-0.2, 0) is 11.3 Å². The predicted octanol–water partition coefficient (Wildman–Crippen LogP) is 2.07. The molecule has 3 heterocycles. The molecule has 2 aromatic rings. The molecule has 8 heteroatoms. The lowest BCUT2D eigenvalue weighted by Crippen LogP contribution is -2.47. The average Bonchev–Trinajstić information content (AvgIpc) is 3.24. The van der Waals surface area contributed by atoms with E-state index in [0.29, 0.717) is 11.6 Å². The van der Waals surface area contributed by atoms with Gasteiger partial charge in [0.1, 0.15) is 17.4 Å². The summed E-state index contributed by atoms with van der Waals surface area (Å²) in [5, 5.41) is 11.2. The Hall–Kier alpha value is -2.22. The number of carbonyl (C=O) groups excluding carboxylic acids is 1. The van der Waals surface area contributed by atoms with E-state index in [1.54, 1.807) is 13.0 Å². The molecule has 1 saturated heterocycles.